The summed E-state index contributed by atoms with van der Waals surface area (Å²) in [4.78, 5) is 0. The summed E-state index contributed by atoms with van der Waals surface area (Å²) in [6.45, 7) is 11.7. The Morgan fingerprint density at radius 2 is 1.12 bits per heavy atom. The first kappa shape index (κ1) is 8.22. The Hall–Kier alpha value is 0.217. The fourth-order valence-electron chi connectivity index (χ4n) is 0.667. The van der Waals surface area contributed by atoms with Crippen molar-refractivity contribution in [2.75, 3.05) is 0 Å². The van der Waals surface area contributed by atoms with Crippen molar-refractivity contribution in [3.05, 3.63) is 0 Å². The SMILES string of the molecule is CC(C)[Si](C)C(C)C. The summed E-state index contributed by atoms with van der Waals surface area (Å²) in [7, 11) is -0.0237. The van der Waals surface area contributed by atoms with Crippen molar-refractivity contribution in [1.29, 1.82) is 0 Å². The summed E-state index contributed by atoms with van der Waals surface area (Å²) in [6, 6.07) is 0. The quantitative estimate of drug-likeness (QED) is 0.503. The third-order valence-electron chi connectivity index (χ3n) is 1.82. The summed E-state index contributed by atoms with van der Waals surface area (Å²) >= 11 is 0. The molecule has 0 amide bonds. The van der Waals surface area contributed by atoms with Gasteiger partial charge in [0.05, 0.1) is 8.80 Å². The van der Waals surface area contributed by atoms with E-state index in [0.29, 0.717) is 0 Å². The molecule has 0 aliphatic carbocycles. The van der Waals surface area contributed by atoms with Crippen molar-refractivity contribution in [3.8, 4) is 0 Å². The first-order valence-corrected chi connectivity index (χ1v) is 5.54. The Balaban J connectivity index is 3.46. The van der Waals surface area contributed by atoms with Gasteiger partial charge in [0, 0.05) is 0 Å². The van der Waals surface area contributed by atoms with Crippen molar-refractivity contribution >= 4 is 8.80 Å². The van der Waals surface area contributed by atoms with E-state index < -0.39 is 0 Å². The highest BCUT2D eigenvalue weighted by Crippen LogP contribution is 2.18. The topological polar surface area (TPSA) is 0 Å². The first-order chi connectivity index (χ1) is 3.55. The molecule has 0 atom stereocenters. The minimum Gasteiger partial charge on any atom is -0.0707 e. The van der Waals surface area contributed by atoms with Crippen LogP contribution in [0.5, 0.6) is 0 Å². The van der Waals surface area contributed by atoms with E-state index >= 15 is 0 Å². The van der Waals surface area contributed by atoms with Gasteiger partial charge in [0.15, 0.2) is 0 Å². The third-order valence-corrected chi connectivity index (χ3v) is 5.46. The average molecular weight is 129 g/mol. The smallest absolute Gasteiger partial charge is 0.0501 e. The maximum Gasteiger partial charge on any atom is 0.0501 e. The summed E-state index contributed by atoms with van der Waals surface area (Å²) in [6.07, 6.45) is 0. The standard InChI is InChI=1S/C7H17Si/c1-6(2)8(5)7(3)4/h6-7H,1-5H3. The predicted octanol–water partition coefficient (Wildman–Crippen LogP) is 2.93. The van der Waals surface area contributed by atoms with E-state index in [2.05, 4.69) is 34.2 Å². The summed E-state index contributed by atoms with van der Waals surface area (Å²) in [5.74, 6) is 0. The molecule has 8 heavy (non-hydrogen) atoms. The molecule has 0 fully saturated rings. The second-order valence-corrected chi connectivity index (χ2v) is 6.85. The van der Waals surface area contributed by atoms with E-state index in [-0.39, 0.29) is 8.80 Å². The zero-order valence-corrected chi connectivity index (χ0v) is 7.65. The van der Waals surface area contributed by atoms with Crippen molar-refractivity contribution in [1.82, 2.24) is 0 Å². The normalized spacial score (nSPS) is 12.0. The van der Waals surface area contributed by atoms with Crippen LogP contribution >= 0.6 is 0 Å². The lowest BCUT2D eigenvalue weighted by Gasteiger charge is -2.16. The molecule has 0 saturated heterocycles. The minimum absolute atomic E-state index is 0.0237. The number of hydrogen-bond acceptors (Lipinski definition) is 0. The van der Waals surface area contributed by atoms with Gasteiger partial charge in [-0.25, -0.2) is 0 Å². The zero-order chi connectivity index (χ0) is 6.73. The van der Waals surface area contributed by atoms with Crippen molar-refractivity contribution < 1.29 is 0 Å². The largest absolute Gasteiger partial charge is 0.0707 e. The van der Waals surface area contributed by atoms with E-state index in [4.69, 9.17) is 0 Å². The van der Waals surface area contributed by atoms with Crippen LogP contribution in [-0.2, 0) is 0 Å². The molecule has 0 saturated carbocycles. The highest BCUT2D eigenvalue weighted by Gasteiger charge is 2.12. The van der Waals surface area contributed by atoms with Crippen LogP contribution < -0.4 is 0 Å². The van der Waals surface area contributed by atoms with Crippen molar-refractivity contribution in [3.63, 3.8) is 0 Å². The molecule has 0 bridgehead atoms. The predicted molar refractivity (Wildman–Crippen MR) is 41.8 cm³/mol. The molecule has 0 aromatic rings. The molecular formula is C7H17Si. The Kier molecular flexibility index (Phi) is 3.37. The molecular weight excluding hydrogens is 112 g/mol. The van der Waals surface area contributed by atoms with E-state index in [1.807, 2.05) is 0 Å². The molecule has 49 valence electrons. The van der Waals surface area contributed by atoms with E-state index in [1.54, 1.807) is 0 Å². The van der Waals surface area contributed by atoms with Crippen molar-refractivity contribution in [2.24, 2.45) is 0 Å². The molecule has 0 nitrogen and oxygen atoms in total. The van der Waals surface area contributed by atoms with Crippen LogP contribution in [0.1, 0.15) is 27.7 Å². The Morgan fingerprint density at radius 1 is 0.875 bits per heavy atom. The molecule has 0 aromatic heterocycles. The van der Waals surface area contributed by atoms with Crippen LogP contribution in [0.15, 0.2) is 0 Å². The van der Waals surface area contributed by atoms with Crippen LogP contribution in [0.25, 0.3) is 0 Å². The summed E-state index contributed by atoms with van der Waals surface area (Å²) in [5.41, 5.74) is 1.89. The van der Waals surface area contributed by atoms with Gasteiger partial charge in [-0.05, 0) is 0 Å². The Morgan fingerprint density at radius 3 is 1.12 bits per heavy atom. The van der Waals surface area contributed by atoms with E-state index in [1.165, 1.54) is 0 Å². The number of rotatable bonds is 2. The lowest BCUT2D eigenvalue weighted by atomic mass is 10.5. The van der Waals surface area contributed by atoms with E-state index in [9.17, 15) is 0 Å². The fourth-order valence-corrected chi connectivity index (χ4v) is 2.00. The van der Waals surface area contributed by atoms with Gasteiger partial charge in [-0.15, -0.1) is 0 Å². The van der Waals surface area contributed by atoms with E-state index in [0.717, 1.165) is 11.1 Å². The van der Waals surface area contributed by atoms with Crippen LogP contribution in [0.3, 0.4) is 0 Å². The second-order valence-electron chi connectivity index (χ2n) is 3.05. The summed E-state index contributed by atoms with van der Waals surface area (Å²) < 4.78 is 0. The average Bonchev–Trinajstić information content (AvgIpc) is 1.64. The van der Waals surface area contributed by atoms with Gasteiger partial charge in [0.25, 0.3) is 0 Å². The van der Waals surface area contributed by atoms with Crippen LogP contribution in [0, 0.1) is 0 Å². The van der Waals surface area contributed by atoms with Crippen LogP contribution in [-0.4, -0.2) is 8.80 Å². The molecule has 0 heterocycles. The highest BCUT2D eigenvalue weighted by molar-refractivity contribution is 6.60. The lowest BCUT2D eigenvalue weighted by Crippen LogP contribution is -2.15. The van der Waals surface area contributed by atoms with Gasteiger partial charge in [0.2, 0.25) is 0 Å². The second kappa shape index (κ2) is 3.28. The van der Waals surface area contributed by atoms with Gasteiger partial charge >= 0.3 is 0 Å². The lowest BCUT2D eigenvalue weighted by molar-refractivity contribution is 0.942. The Labute approximate surface area is 54.9 Å². The molecule has 0 N–H and O–H groups in total. The minimum atomic E-state index is -0.0237. The van der Waals surface area contributed by atoms with Gasteiger partial charge < -0.3 is 0 Å². The maximum absolute atomic E-state index is 2.42. The van der Waals surface area contributed by atoms with Crippen molar-refractivity contribution in [2.45, 2.75) is 45.3 Å². The Bertz CT molecular complexity index is 49.4. The molecule has 0 aliphatic heterocycles. The fraction of sp³-hybridized carbons (Fsp3) is 1.00. The summed E-state index contributed by atoms with van der Waals surface area (Å²) in [5, 5.41) is 0. The van der Waals surface area contributed by atoms with Crippen LogP contribution in [0.4, 0.5) is 0 Å². The van der Waals surface area contributed by atoms with Gasteiger partial charge in [-0.2, -0.15) is 0 Å². The molecule has 0 rings (SSSR count). The van der Waals surface area contributed by atoms with Gasteiger partial charge in [0.1, 0.15) is 0 Å². The molecule has 0 spiro atoms. The molecule has 0 unspecified atom stereocenters. The molecule has 1 radical (unpaired) electrons. The monoisotopic (exact) mass is 129 g/mol. The number of hydrogen-bond donors (Lipinski definition) is 0. The third kappa shape index (κ3) is 2.51. The zero-order valence-electron chi connectivity index (χ0n) is 6.65. The highest BCUT2D eigenvalue weighted by atomic mass is 28.3. The van der Waals surface area contributed by atoms with Gasteiger partial charge in [-0.3, -0.25) is 0 Å². The van der Waals surface area contributed by atoms with Crippen LogP contribution in [0.2, 0.25) is 17.6 Å². The molecule has 0 aliphatic rings. The molecule has 0 aromatic carbocycles. The van der Waals surface area contributed by atoms with Gasteiger partial charge in [-0.1, -0.05) is 45.3 Å². The molecule has 1 heteroatoms. The maximum atomic E-state index is 2.42. The first-order valence-electron chi connectivity index (χ1n) is 3.39.